The molecule has 0 N–H and O–H groups in total. The zero-order chi connectivity index (χ0) is 21.6. The quantitative estimate of drug-likeness (QED) is 0.188. The number of hydrogen-bond donors (Lipinski definition) is 0. The first-order chi connectivity index (χ1) is 11.0. The van der Waals surface area contributed by atoms with Crippen LogP contribution in [0.4, 0.5) is 0 Å². The molecule has 0 bridgehead atoms. The summed E-state index contributed by atoms with van der Waals surface area (Å²) >= 11 is 79.2. The van der Waals surface area contributed by atoms with Crippen LogP contribution < -0.4 is 0 Å². The van der Waals surface area contributed by atoms with E-state index in [1.165, 1.54) is 0 Å². The fraction of sp³-hybridized carbons (Fsp3) is 1.00. The Labute approximate surface area is 219 Å². The lowest BCUT2D eigenvalue weighted by molar-refractivity contribution is 0.289. The second kappa shape index (κ2) is 9.44. The van der Waals surface area contributed by atoms with Crippen LogP contribution in [0.3, 0.4) is 0 Å². The minimum absolute atomic E-state index is 0.0935. The Morgan fingerprint density at radius 2 is 0.923 bits per heavy atom. The van der Waals surface area contributed by atoms with Crippen molar-refractivity contribution in [2.24, 2.45) is 0 Å². The van der Waals surface area contributed by atoms with E-state index >= 15 is 0 Å². The van der Waals surface area contributed by atoms with Crippen molar-refractivity contribution in [1.82, 2.24) is 0 Å². The summed E-state index contributed by atoms with van der Waals surface area (Å²) in [5.74, 6) is 0. The van der Waals surface area contributed by atoms with E-state index in [1.54, 1.807) is 0 Å². The van der Waals surface area contributed by atoms with Gasteiger partial charge in [0.25, 0.3) is 0 Å². The highest BCUT2D eigenvalue weighted by Crippen LogP contribution is 2.69. The number of halogens is 13. The normalized spacial score (nSPS) is 16.2. The average Bonchev–Trinajstić information content (AvgIpc) is 2.34. The molecule has 0 saturated heterocycles. The highest BCUT2D eigenvalue weighted by molar-refractivity contribution is 6.82. The number of rotatable bonds is 8. The van der Waals surface area contributed by atoms with E-state index in [1.807, 2.05) is 19.6 Å². The topological polar surface area (TPSA) is 9.23 Å². The van der Waals surface area contributed by atoms with E-state index in [4.69, 9.17) is 155 Å². The highest BCUT2D eigenvalue weighted by Gasteiger charge is 2.76. The molecule has 0 aromatic heterocycles. The van der Waals surface area contributed by atoms with Gasteiger partial charge in [-0.2, -0.15) is 0 Å². The monoisotopic (exact) mass is 644 g/mol. The van der Waals surface area contributed by atoms with E-state index in [-0.39, 0.29) is 13.0 Å². The van der Waals surface area contributed by atoms with Crippen LogP contribution in [0, 0.1) is 0 Å². The first kappa shape index (κ1) is 29.9. The Balaban J connectivity index is 5.85. The third kappa shape index (κ3) is 6.26. The largest absolute Gasteiger partial charge is 0.418 e. The maximum absolute atomic E-state index is 6.29. The SMILES string of the molecule is C[Si](C)(C)OCCC(Cl)(Cl)C(Cl)(Cl)C(Cl)(Cl)C(Cl)(Cl)C(Cl)(Cl)C(Cl)(Cl)Cl. The van der Waals surface area contributed by atoms with E-state index in [2.05, 4.69) is 0 Å². The summed E-state index contributed by atoms with van der Waals surface area (Å²) < 4.78 is -9.09. The molecule has 0 aliphatic rings. The Kier molecular flexibility index (Phi) is 10.9. The van der Waals surface area contributed by atoms with Crippen LogP contribution in [0.15, 0.2) is 0 Å². The van der Waals surface area contributed by atoms with Gasteiger partial charge in [0.1, 0.15) is 0 Å². The molecule has 0 spiro atoms. The van der Waals surface area contributed by atoms with E-state index in [0.717, 1.165) is 0 Å². The number of alkyl halides is 13. The predicted molar refractivity (Wildman–Crippen MR) is 126 cm³/mol. The average molecular weight is 650 g/mol. The van der Waals surface area contributed by atoms with Crippen LogP contribution in [0.25, 0.3) is 0 Å². The van der Waals surface area contributed by atoms with Gasteiger partial charge in [0.05, 0.1) is 0 Å². The van der Waals surface area contributed by atoms with Gasteiger partial charge in [-0.05, 0) is 19.6 Å². The van der Waals surface area contributed by atoms with Crippen LogP contribution in [0.2, 0.25) is 19.6 Å². The smallest absolute Gasteiger partial charge is 0.226 e. The van der Waals surface area contributed by atoms with Gasteiger partial charge in [0, 0.05) is 13.0 Å². The minimum Gasteiger partial charge on any atom is -0.418 e. The molecular weight excluding hydrogens is 637 g/mol. The molecule has 0 fully saturated rings. The summed E-state index contributed by atoms with van der Waals surface area (Å²) in [6.45, 7) is 5.97. The summed E-state index contributed by atoms with van der Waals surface area (Å²) in [6, 6.07) is 0. The molecule has 0 heterocycles. The molecule has 0 aromatic carbocycles. The Hall–Kier alpha value is 3.95. The van der Waals surface area contributed by atoms with Crippen molar-refractivity contribution >= 4 is 159 Å². The first-order valence-electron chi connectivity index (χ1n) is 6.55. The van der Waals surface area contributed by atoms with Crippen molar-refractivity contribution in [2.45, 2.75) is 51.5 Å². The summed E-state index contributed by atoms with van der Waals surface area (Å²) in [5.41, 5.74) is 0. The van der Waals surface area contributed by atoms with Gasteiger partial charge in [-0.15, -0.1) is 0 Å². The molecule has 0 radical (unpaired) electrons. The Bertz CT molecular complexity index is 491. The summed E-state index contributed by atoms with van der Waals surface area (Å²) in [6.07, 6.45) is -0.0935. The second-order valence-electron chi connectivity index (χ2n) is 6.21. The molecule has 0 aromatic rings. The zero-order valence-corrected chi connectivity index (χ0v) is 24.1. The van der Waals surface area contributed by atoms with Crippen LogP contribution in [-0.4, -0.2) is 40.4 Å². The molecule has 0 amide bonds. The van der Waals surface area contributed by atoms with Crippen LogP contribution in [-0.2, 0) is 4.43 Å². The van der Waals surface area contributed by atoms with Crippen molar-refractivity contribution in [3.8, 4) is 0 Å². The zero-order valence-electron chi connectivity index (χ0n) is 13.2. The molecule has 0 saturated carbocycles. The van der Waals surface area contributed by atoms with Crippen LogP contribution in [0.1, 0.15) is 6.42 Å². The van der Waals surface area contributed by atoms with E-state index in [0.29, 0.717) is 0 Å². The van der Waals surface area contributed by atoms with E-state index in [9.17, 15) is 0 Å². The van der Waals surface area contributed by atoms with Gasteiger partial charge in [0.2, 0.25) is 8.13 Å². The molecule has 15 heteroatoms. The van der Waals surface area contributed by atoms with Gasteiger partial charge in [-0.3, -0.25) is 0 Å². The maximum Gasteiger partial charge on any atom is 0.226 e. The van der Waals surface area contributed by atoms with Crippen molar-refractivity contribution in [2.75, 3.05) is 6.61 Å². The number of hydrogen-bond acceptors (Lipinski definition) is 1. The summed E-state index contributed by atoms with van der Waals surface area (Å²) in [5, 5.41) is 0. The van der Waals surface area contributed by atoms with Gasteiger partial charge in [0.15, 0.2) is 25.7 Å². The maximum atomic E-state index is 6.29. The lowest BCUT2D eigenvalue weighted by Crippen LogP contribution is -2.65. The van der Waals surface area contributed by atoms with Gasteiger partial charge >= 0.3 is 0 Å². The Morgan fingerprint density at radius 1 is 0.577 bits per heavy atom. The molecule has 0 atom stereocenters. The minimum atomic E-state index is -2.66. The van der Waals surface area contributed by atoms with Crippen molar-refractivity contribution in [1.29, 1.82) is 0 Å². The fourth-order valence-corrected chi connectivity index (χ4v) is 5.82. The molecular formula is C11H13Cl13OSi. The van der Waals surface area contributed by atoms with Gasteiger partial charge < -0.3 is 4.43 Å². The van der Waals surface area contributed by atoms with Crippen LogP contribution >= 0.6 is 151 Å². The van der Waals surface area contributed by atoms with Crippen molar-refractivity contribution < 1.29 is 4.43 Å². The third-order valence-corrected chi connectivity index (χ3v) is 12.6. The molecule has 158 valence electrons. The molecule has 0 rings (SSSR count). The standard InChI is InChI=1S/C11H13Cl13OSi/c1-26(2,3)25-5-4-6(12,13)7(14,15)8(16,17)9(18,19)10(20,21)11(22,23)24/h4-5H2,1-3H3. The molecule has 0 aliphatic carbocycles. The summed E-state index contributed by atoms with van der Waals surface area (Å²) in [7, 11) is -1.87. The van der Waals surface area contributed by atoms with Crippen LogP contribution in [0.5, 0.6) is 0 Å². The first-order valence-corrected chi connectivity index (χ1v) is 14.9. The fourth-order valence-electron chi connectivity index (χ4n) is 1.44. The lowest BCUT2D eigenvalue weighted by atomic mass is 10.1. The van der Waals surface area contributed by atoms with Gasteiger partial charge in [-0.1, -0.05) is 151 Å². The molecule has 26 heavy (non-hydrogen) atoms. The van der Waals surface area contributed by atoms with Gasteiger partial charge in [-0.25, -0.2) is 0 Å². The molecule has 1 nitrogen and oxygen atoms in total. The second-order valence-corrected chi connectivity index (χ2v) is 19.8. The summed E-state index contributed by atoms with van der Waals surface area (Å²) in [4.78, 5) is 0. The molecule has 0 aliphatic heterocycles. The Morgan fingerprint density at radius 3 is 1.23 bits per heavy atom. The lowest BCUT2D eigenvalue weighted by Gasteiger charge is -2.50. The highest BCUT2D eigenvalue weighted by atomic mass is 35.6. The van der Waals surface area contributed by atoms with Crippen molar-refractivity contribution in [3.63, 3.8) is 0 Å². The predicted octanol–water partition coefficient (Wildman–Crippen LogP) is 9.47. The van der Waals surface area contributed by atoms with E-state index < -0.39 is 33.8 Å². The third-order valence-electron chi connectivity index (χ3n) is 2.95. The van der Waals surface area contributed by atoms with Crippen molar-refractivity contribution in [3.05, 3.63) is 0 Å². The molecule has 0 unspecified atom stereocenters.